The number of aromatic nitrogens is 1. The van der Waals surface area contributed by atoms with E-state index in [4.69, 9.17) is 0 Å². The molecule has 3 nitrogen and oxygen atoms in total. The second kappa shape index (κ2) is 4.95. The quantitative estimate of drug-likeness (QED) is 0.879. The smallest absolute Gasteiger partial charge is 0.253 e. The van der Waals surface area contributed by atoms with Gasteiger partial charge in [0.1, 0.15) is 0 Å². The predicted octanol–water partition coefficient (Wildman–Crippen LogP) is 3.26. The van der Waals surface area contributed by atoms with Gasteiger partial charge in [0.2, 0.25) is 5.95 Å². The van der Waals surface area contributed by atoms with Gasteiger partial charge >= 0.3 is 0 Å². The SMILES string of the molecule is Cc1cc(F)ncc1C(=O)NC1(c2ccccc2C)CC1. The number of carbonyl (C=O) groups is 1. The van der Waals surface area contributed by atoms with Crippen LogP contribution in [0.25, 0.3) is 0 Å². The van der Waals surface area contributed by atoms with Crippen molar-refractivity contribution in [1.82, 2.24) is 10.3 Å². The molecule has 0 unspecified atom stereocenters. The number of amides is 1. The van der Waals surface area contributed by atoms with Gasteiger partial charge in [-0.05, 0) is 49.4 Å². The molecule has 1 aliphatic carbocycles. The molecule has 1 aliphatic rings. The first-order chi connectivity index (χ1) is 10.0. The third kappa shape index (κ3) is 2.53. The second-order valence-electron chi connectivity index (χ2n) is 5.67. The minimum Gasteiger partial charge on any atom is -0.342 e. The molecular formula is C17H17FN2O. The number of rotatable bonds is 3. The lowest BCUT2D eigenvalue weighted by Gasteiger charge is -2.20. The van der Waals surface area contributed by atoms with Crippen molar-refractivity contribution in [3.05, 3.63) is 64.7 Å². The Balaban J connectivity index is 1.86. The molecule has 1 aromatic carbocycles. The Morgan fingerprint density at radius 1 is 1.24 bits per heavy atom. The molecule has 0 saturated heterocycles. The fraction of sp³-hybridized carbons (Fsp3) is 0.294. The van der Waals surface area contributed by atoms with Gasteiger partial charge in [-0.1, -0.05) is 24.3 Å². The zero-order valence-corrected chi connectivity index (χ0v) is 12.1. The Morgan fingerprint density at radius 3 is 2.57 bits per heavy atom. The summed E-state index contributed by atoms with van der Waals surface area (Å²) in [4.78, 5) is 16.0. The highest BCUT2D eigenvalue weighted by Crippen LogP contribution is 2.46. The molecule has 3 rings (SSSR count). The van der Waals surface area contributed by atoms with Crippen molar-refractivity contribution in [2.45, 2.75) is 32.2 Å². The molecule has 1 heterocycles. The first kappa shape index (κ1) is 13.7. The number of nitrogens with zero attached hydrogens (tertiary/aromatic N) is 1. The summed E-state index contributed by atoms with van der Waals surface area (Å²) in [6.45, 7) is 3.76. The van der Waals surface area contributed by atoms with Gasteiger partial charge in [-0.25, -0.2) is 4.98 Å². The van der Waals surface area contributed by atoms with E-state index in [1.54, 1.807) is 6.92 Å². The number of hydrogen-bond acceptors (Lipinski definition) is 2. The van der Waals surface area contributed by atoms with Crippen LogP contribution < -0.4 is 5.32 Å². The predicted molar refractivity (Wildman–Crippen MR) is 78.5 cm³/mol. The number of halogens is 1. The molecule has 1 fully saturated rings. The zero-order chi connectivity index (χ0) is 15.0. The highest BCUT2D eigenvalue weighted by atomic mass is 19.1. The van der Waals surface area contributed by atoms with E-state index >= 15 is 0 Å². The molecule has 4 heteroatoms. The fourth-order valence-electron chi connectivity index (χ4n) is 2.74. The molecule has 1 amide bonds. The lowest BCUT2D eigenvalue weighted by Crippen LogP contribution is -2.35. The molecule has 0 radical (unpaired) electrons. The second-order valence-corrected chi connectivity index (χ2v) is 5.67. The molecule has 1 N–H and O–H groups in total. The van der Waals surface area contributed by atoms with Crippen LogP contribution in [0, 0.1) is 19.8 Å². The highest BCUT2D eigenvalue weighted by molar-refractivity contribution is 5.96. The van der Waals surface area contributed by atoms with Gasteiger partial charge < -0.3 is 5.32 Å². The van der Waals surface area contributed by atoms with E-state index in [2.05, 4.69) is 16.4 Å². The van der Waals surface area contributed by atoms with Crippen molar-refractivity contribution in [3.8, 4) is 0 Å². The van der Waals surface area contributed by atoms with Gasteiger partial charge in [0.05, 0.1) is 11.1 Å². The van der Waals surface area contributed by atoms with Crippen molar-refractivity contribution < 1.29 is 9.18 Å². The van der Waals surface area contributed by atoms with Crippen molar-refractivity contribution in [3.63, 3.8) is 0 Å². The van der Waals surface area contributed by atoms with Crippen LogP contribution in [-0.4, -0.2) is 10.9 Å². The van der Waals surface area contributed by atoms with Crippen molar-refractivity contribution in [2.24, 2.45) is 0 Å². The van der Waals surface area contributed by atoms with E-state index in [1.165, 1.54) is 17.8 Å². The Bertz CT molecular complexity index is 708. The monoisotopic (exact) mass is 284 g/mol. The average molecular weight is 284 g/mol. The number of hydrogen-bond donors (Lipinski definition) is 1. The van der Waals surface area contributed by atoms with Crippen LogP contribution in [0.2, 0.25) is 0 Å². The van der Waals surface area contributed by atoms with Gasteiger partial charge in [-0.3, -0.25) is 4.79 Å². The van der Waals surface area contributed by atoms with E-state index in [0.717, 1.165) is 18.4 Å². The molecule has 1 saturated carbocycles. The summed E-state index contributed by atoms with van der Waals surface area (Å²) < 4.78 is 13.0. The first-order valence-corrected chi connectivity index (χ1v) is 7.03. The topological polar surface area (TPSA) is 42.0 Å². The molecule has 0 bridgehead atoms. The maximum absolute atomic E-state index is 13.0. The lowest BCUT2D eigenvalue weighted by molar-refractivity contribution is 0.0929. The van der Waals surface area contributed by atoms with Crippen LogP contribution in [0.4, 0.5) is 4.39 Å². The third-order valence-corrected chi connectivity index (χ3v) is 4.09. The van der Waals surface area contributed by atoms with Crippen LogP contribution in [0.3, 0.4) is 0 Å². The van der Waals surface area contributed by atoms with Crippen molar-refractivity contribution >= 4 is 5.91 Å². The van der Waals surface area contributed by atoms with E-state index in [9.17, 15) is 9.18 Å². The third-order valence-electron chi connectivity index (χ3n) is 4.09. The molecule has 21 heavy (non-hydrogen) atoms. The summed E-state index contributed by atoms with van der Waals surface area (Å²) >= 11 is 0. The van der Waals surface area contributed by atoms with Gasteiger partial charge in [-0.15, -0.1) is 0 Å². The van der Waals surface area contributed by atoms with Crippen LogP contribution in [0.5, 0.6) is 0 Å². The van der Waals surface area contributed by atoms with E-state index in [0.29, 0.717) is 11.1 Å². The average Bonchev–Trinajstić information content (AvgIpc) is 3.19. The number of nitrogens with one attached hydrogen (secondary N) is 1. The normalized spacial score (nSPS) is 15.6. The highest BCUT2D eigenvalue weighted by Gasteiger charge is 2.46. The zero-order valence-electron chi connectivity index (χ0n) is 12.1. The van der Waals surface area contributed by atoms with Crippen molar-refractivity contribution in [2.75, 3.05) is 0 Å². The molecule has 1 aromatic heterocycles. The molecule has 0 atom stereocenters. The largest absolute Gasteiger partial charge is 0.342 e. The summed E-state index contributed by atoms with van der Waals surface area (Å²) in [5.74, 6) is -0.759. The summed E-state index contributed by atoms with van der Waals surface area (Å²) in [6.07, 6.45) is 3.16. The Kier molecular flexibility index (Phi) is 3.24. The number of pyridine rings is 1. The minimum atomic E-state index is -0.566. The Labute approximate surface area is 123 Å². The van der Waals surface area contributed by atoms with E-state index in [1.807, 2.05) is 25.1 Å². The molecule has 2 aromatic rings. The van der Waals surface area contributed by atoms with E-state index < -0.39 is 5.95 Å². The molecule has 0 spiro atoms. The number of carbonyl (C=O) groups excluding carboxylic acids is 1. The Morgan fingerprint density at radius 2 is 1.95 bits per heavy atom. The molecular weight excluding hydrogens is 267 g/mol. The van der Waals surface area contributed by atoms with Crippen LogP contribution in [-0.2, 0) is 5.54 Å². The Hall–Kier alpha value is -2.23. The van der Waals surface area contributed by atoms with Crippen LogP contribution >= 0.6 is 0 Å². The minimum absolute atomic E-state index is 0.194. The van der Waals surface area contributed by atoms with E-state index in [-0.39, 0.29) is 11.4 Å². The first-order valence-electron chi connectivity index (χ1n) is 7.03. The summed E-state index contributed by atoms with van der Waals surface area (Å²) in [7, 11) is 0. The van der Waals surface area contributed by atoms with Gasteiger partial charge in [0, 0.05) is 6.20 Å². The summed E-state index contributed by atoms with van der Waals surface area (Å²) in [5, 5.41) is 3.10. The van der Waals surface area contributed by atoms with Gasteiger partial charge in [-0.2, -0.15) is 4.39 Å². The number of aryl methyl sites for hydroxylation is 2. The molecule has 0 aliphatic heterocycles. The number of benzene rings is 1. The standard InChI is InChI=1S/C17H17FN2O/c1-11-5-3-4-6-14(11)17(7-8-17)20-16(21)13-10-19-15(18)9-12(13)2/h3-6,9-10H,7-8H2,1-2H3,(H,20,21). The molecule has 108 valence electrons. The summed E-state index contributed by atoms with van der Waals surface area (Å²) in [5.41, 5.74) is 3.08. The van der Waals surface area contributed by atoms with Crippen LogP contribution in [0.15, 0.2) is 36.5 Å². The van der Waals surface area contributed by atoms with Gasteiger partial charge in [0.25, 0.3) is 5.91 Å². The van der Waals surface area contributed by atoms with Gasteiger partial charge in [0.15, 0.2) is 0 Å². The van der Waals surface area contributed by atoms with Crippen LogP contribution in [0.1, 0.15) is 39.9 Å². The lowest BCUT2D eigenvalue weighted by atomic mass is 9.98. The maximum Gasteiger partial charge on any atom is 0.253 e. The summed E-state index contributed by atoms with van der Waals surface area (Å²) in [6, 6.07) is 9.36. The fourth-order valence-corrected chi connectivity index (χ4v) is 2.74. The maximum atomic E-state index is 13.0. The van der Waals surface area contributed by atoms with Crippen molar-refractivity contribution in [1.29, 1.82) is 0 Å².